The molecule has 2 aromatic rings. The second-order valence-electron chi connectivity index (χ2n) is 7.23. The van der Waals surface area contributed by atoms with Gasteiger partial charge in [-0.15, -0.1) is 0 Å². The van der Waals surface area contributed by atoms with Crippen molar-refractivity contribution in [3.8, 4) is 0 Å². The zero-order valence-electron chi connectivity index (χ0n) is 19.0. The van der Waals surface area contributed by atoms with Crippen molar-refractivity contribution in [2.24, 2.45) is 0 Å². The third kappa shape index (κ3) is 5.94. The van der Waals surface area contributed by atoms with E-state index in [0.29, 0.717) is 24.6 Å². The van der Waals surface area contributed by atoms with Crippen molar-refractivity contribution in [3.63, 3.8) is 0 Å². The average Bonchev–Trinajstić information content (AvgIpc) is 2.80. The average molecular weight is 484 g/mol. The first-order valence-electron chi connectivity index (χ1n) is 10.6. The van der Waals surface area contributed by atoms with E-state index >= 15 is 0 Å². The predicted octanol–water partition coefficient (Wildman–Crippen LogP) is 3.18. The summed E-state index contributed by atoms with van der Waals surface area (Å²) in [6, 6.07) is 0. The summed E-state index contributed by atoms with van der Waals surface area (Å²) in [7, 11) is 0. The Balaban J connectivity index is 2.17. The molecule has 1 aromatic carbocycles. The summed E-state index contributed by atoms with van der Waals surface area (Å²) in [4.78, 5) is 31.3. The van der Waals surface area contributed by atoms with Crippen molar-refractivity contribution in [2.75, 3.05) is 47.9 Å². The Morgan fingerprint density at radius 2 is 1.56 bits per heavy atom. The molecular formula is C20H27F3N8O3. The summed E-state index contributed by atoms with van der Waals surface area (Å²) >= 11 is 0. The van der Waals surface area contributed by atoms with Gasteiger partial charge in [0.2, 0.25) is 5.82 Å². The molecule has 0 fully saturated rings. The van der Waals surface area contributed by atoms with Crippen LogP contribution in [0.2, 0.25) is 0 Å². The Hall–Kier alpha value is -3.84. The molecule has 0 bridgehead atoms. The van der Waals surface area contributed by atoms with Gasteiger partial charge in [0.25, 0.3) is 5.91 Å². The van der Waals surface area contributed by atoms with Gasteiger partial charge in [0, 0.05) is 26.2 Å². The number of rotatable bonds is 12. The number of nitrogen functional groups attached to an aromatic ring is 1. The largest absolute Gasteiger partial charge is 0.394 e. The van der Waals surface area contributed by atoms with Gasteiger partial charge in [-0.05, 0) is 19.8 Å². The minimum absolute atomic E-state index is 0.0203. The van der Waals surface area contributed by atoms with Crippen LogP contribution in [0.4, 0.5) is 41.9 Å². The van der Waals surface area contributed by atoms with E-state index < -0.39 is 45.3 Å². The number of nitrogens with zero attached hydrogens (tertiary/aromatic N) is 3. The van der Waals surface area contributed by atoms with Gasteiger partial charge in [-0.25, -0.2) is 18.7 Å². The van der Waals surface area contributed by atoms with Gasteiger partial charge in [-0.1, -0.05) is 13.8 Å². The first-order valence-corrected chi connectivity index (χ1v) is 10.6. The Kier molecular flexibility index (Phi) is 9.21. The third-order valence-electron chi connectivity index (χ3n) is 4.59. The topological polar surface area (TPSA) is 160 Å². The molecular weight excluding hydrogens is 457 g/mol. The lowest BCUT2D eigenvalue weighted by Gasteiger charge is -2.15. The maximum Gasteiger partial charge on any atom is 0.333 e. The summed E-state index contributed by atoms with van der Waals surface area (Å²) in [5, 5.41) is 22.1. The number of benzene rings is 1. The third-order valence-corrected chi connectivity index (χ3v) is 4.59. The number of anilines is 4. The van der Waals surface area contributed by atoms with Crippen LogP contribution < -0.4 is 27.0 Å². The molecule has 0 aliphatic rings. The van der Waals surface area contributed by atoms with Crippen molar-refractivity contribution in [3.05, 3.63) is 39.0 Å². The number of aromatic nitrogens is 2. The molecule has 186 valence electrons. The fourth-order valence-electron chi connectivity index (χ4n) is 2.90. The standard InChI is InChI=1S/C20H27F3N8O3/c1-4-6-26-18-10(3)29-19(27-7-5-2)16(30-18)20(32)28-9-8-25-15-13(23)14(24)11(21)12(22)17(15)31(33)34/h25H,4-9,24H2,1-3H3,(H,26,30)(H,27,29)(H,28,32). The number of nitrogens with two attached hydrogens (primary N) is 1. The van der Waals surface area contributed by atoms with Crippen LogP contribution >= 0.6 is 0 Å². The Morgan fingerprint density at radius 3 is 2.15 bits per heavy atom. The summed E-state index contributed by atoms with van der Waals surface area (Å²) < 4.78 is 41.8. The maximum atomic E-state index is 14.2. The maximum absolute atomic E-state index is 14.2. The molecule has 0 atom stereocenters. The molecule has 2 rings (SSSR count). The molecule has 1 amide bonds. The number of amides is 1. The zero-order chi connectivity index (χ0) is 25.4. The summed E-state index contributed by atoms with van der Waals surface area (Å²) in [6.45, 7) is 6.44. The van der Waals surface area contributed by atoms with Crippen molar-refractivity contribution in [1.82, 2.24) is 15.3 Å². The quantitative estimate of drug-likeness (QED) is 0.100. The number of aryl methyl sites for hydroxylation is 1. The van der Waals surface area contributed by atoms with Gasteiger partial charge >= 0.3 is 5.69 Å². The lowest BCUT2D eigenvalue weighted by atomic mass is 10.2. The molecule has 0 spiro atoms. The smallest absolute Gasteiger partial charge is 0.333 e. The fourth-order valence-corrected chi connectivity index (χ4v) is 2.90. The van der Waals surface area contributed by atoms with Crippen LogP contribution in [0.1, 0.15) is 42.9 Å². The Morgan fingerprint density at radius 1 is 0.941 bits per heavy atom. The van der Waals surface area contributed by atoms with Crippen LogP contribution in [0.5, 0.6) is 0 Å². The van der Waals surface area contributed by atoms with Crippen LogP contribution in [0.15, 0.2) is 0 Å². The highest BCUT2D eigenvalue weighted by molar-refractivity contribution is 5.97. The van der Waals surface area contributed by atoms with Crippen LogP contribution in [-0.2, 0) is 0 Å². The number of hydrogen-bond donors (Lipinski definition) is 5. The SMILES string of the molecule is CCCNc1nc(C(=O)NCCNc2c(F)c(N)c(F)c(F)c2[N+](=O)[O-])c(NCCC)nc1C. The molecule has 1 aromatic heterocycles. The highest BCUT2D eigenvalue weighted by Gasteiger charge is 2.31. The van der Waals surface area contributed by atoms with E-state index in [4.69, 9.17) is 5.73 Å². The lowest BCUT2D eigenvalue weighted by Crippen LogP contribution is -2.31. The fraction of sp³-hybridized carbons (Fsp3) is 0.450. The van der Waals surface area contributed by atoms with Crippen molar-refractivity contribution in [2.45, 2.75) is 33.6 Å². The molecule has 0 saturated carbocycles. The van der Waals surface area contributed by atoms with Crippen LogP contribution in [0.3, 0.4) is 0 Å². The summed E-state index contributed by atoms with van der Waals surface area (Å²) in [5.41, 5.74) is 2.24. The number of carbonyl (C=O) groups is 1. The monoisotopic (exact) mass is 484 g/mol. The van der Waals surface area contributed by atoms with Gasteiger partial charge in [0.1, 0.15) is 11.5 Å². The summed E-state index contributed by atoms with van der Waals surface area (Å²) in [5.74, 6) is -5.11. The van der Waals surface area contributed by atoms with E-state index in [1.54, 1.807) is 6.92 Å². The first-order chi connectivity index (χ1) is 16.1. The molecule has 1 heterocycles. The van der Waals surface area contributed by atoms with E-state index in [-0.39, 0.29) is 24.6 Å². The van der Waals surface area contributed by atoms with Gasteiger partial charge in [0.05, 0.1) is 10.6 Å². The van der Waals surface area contributed by atoms with E-state index in [2.05, 4.69) is 31.2 Å². The molecule has 0 radical (unpaired) electrons. The highest BCUT2D eigenvalue weighted by Crippen LogP contribution is 2.36. The number of halogens is 3. The molecule has 0 aliphatic carbocycles. The molecule has 0 saturated heterocycles. The first kappa shape index (κ1) is 26.4. The summed E-state index contributed by atoms with van der Waals surface area (Å²) in [6.07, 6.45) is 1.62. The van der Waals surface area contributed by atoms with Crippen molar-refractivity contribution in [1.29, 1.82) is 0 Å². The molecule has 0 aliphatic heterocycles. The lowest BCUT2D eigenvalue weighted by molar-refractivity contribution is -0.387. The number of hydrogen-bond acceptors (Lipinski definition) is 9. The second-order valence-corrected chi connectivity index (χ2v) is 7.23. The minimum atomic E-state index is -1.89. The normalized spacial score (nSPS) is 10.6. The number of nitro benzene ring substituents is 1. The number of nitrogens with one attached hydrogen (secondary N) is 4. The van der Waals surface area contributed by atoms with E-state index in [1.807, 2.05) is 13.8 Å². The highest BCUT2D eigenvalue weighted by atomic mass is 19.2. The second kappa shape index (κ2) is 11.9. The minimum Gasteiger partial charge on any atom is -0.394 e. The van der Waals surface area contributed by atoms with Crippen molar-refractivity contribution >= 4 is 34.6 Å². The molecule has 14 heteroatoms. The van der Waals surface area contributed by atoms with Gasteiger partial charge in [-0.2, -0.15) is 4.39 Å². The zero-order valence-corrected chi connectivity index (χ0v) is 19.0. The molecule has 0 unspecified atom stereocenters. The van der Waals surface area contributed by atoms with Gasteiger partial charge < -0.3 is 27.0 Å². The Bertz CT molecular complexity index is 1070. The van der Waals surface area contributed by atoms with E-state index in [0.717, 1.165) is 12.8 Å². The Labute approximate surface area is 193 Å². The van der Waals surface area contributed by atoms with E-state index in [1.165, 1.54) is 0 Å². The molecule has 11 nitrogen and oxygen atoms in total. The molecule has 6 N–H and O–H groups in total. The van der Waals surface area contributed by atoms with Crippen LogP contribution in [-0.4, -0.2) is 47.0 Å². The van der Waals surface area contributed by atoms with Gasteiger partial charge in [-0.3, -0.25) is 14.9 Å². The van der Waals surface area contributed by atoms with E-state index in [9.17, 15) is 28.1 Å². The predicted molar refractivity (Wildman–Crippen MR) is 123 cm³/mol. The number of carbonyl (C=O) groups excluding carboxylic acids is 1. The number of nitro groups is 1. The van der Waals surface area contributed by atoms with Crippen LogP contribution in [0.25, 0.3) is 0 Å². The van der Waals surface area contributed by atoms with Crippen LogP contribution in [0, 0.1) is 34.5 Å². The van der Waals surface area contributed by atoms with Gasteiger partial charge in [0.15, 0.2) is 28.8 Å². The molecule has 34 heavy (non-hydrogen) atoms. The van der Waals surface area contributed by atoms with Crippen molar-refractivity contribution < 1.29 is 22.9 Å².